The number of hydrogen-bond donors (Lipinski definition) is 1. The van der Waals surface area contributed by atoms with Crippen molar-refractivity contribution in [3.8, 4) is 0 Å². The summed E-state index contributed by atoms with van der Waals surface area (Å²) >= 11 is 16.7. The third kappa shape index (κ3) is 7.75. The average molecular weight is 476 g/mol. The van der Waals surface area contributed by atoms with Gasteiger partial charge in [0.15, 0.2) is 12.2 Å². The van der Waals surface area contributed by atoms with Crippen molar-refractivity contribution in [2.45, 2.75) is 55.2 Å². The molecule has 1 aliphatic rings. The van der Waals surface area contributed by atoms with Crippen LogP contribution >= 0.6 is 34.8 Å². The van der Waals surface area contributed by atoms with E-state index in [9.17, 15) is 14.4 Å². The molecule has 1 aliphatic heterocycles. The Labute approximate surface area is 179 Å². The summed E-state index contributed by atoms with van der Waals surface area (Å²) in [5, 5.41) is 11.1. The molecule has 0 amide bonds. The maximum absolute atomic E-state index is 11.6. The third-order valence-electron chi connectivity index (χ3n) is 3.35. The van der Waals surface area contributed by atoms with E-state index in [1.54, 1.807) is 0 Å². The predicted molar refractivity (Wildman–Crippen MR) is 98.4 cm³/mol. The molecular weight excluding hydrogens is 459 g/mol. The summed E-state index contributed by atoms with van der Waals surface area (Å²) in [7, 11) is 0. The number of alkyl halides is 3. The maximum atomic E-state index is 11.6. The number of carbonyl (C=O) groups is 3. The summed E-state index contributed by atoms with van der Waals surface area (Å²) in [5.41, 5.74) is 8.89. The standard InChI is InChI=1S/C14H17Cl3N4O8/c1-5(22)25-4-8-10(26-6(2)23)11(27-7(3)24)9(20-21-19)12(28-8)29-13(18)14(15,16)17/h8-12,18H,4H2,1-3H3/t8-,9-,10-,11-,12+/m1/s1. The highest BCUT2D eigenvalue weighted by Crippen LogP contribution is 2.33. The third-order valence-corrected chi connectivity index (χ3v) is 3.86. The zero-order valence-electron chi connectivity index (χ0n) is 15.3. The minimum absolute atomic E-state index is 0.449. The van der Waals surface area contributed by atoms with Gasteiger partial charge in [-0.25, -0.2) is 0 Å². The number of halogens is 3. The molecule has 0 saturated carbocycles. The van der Waals surface area contributed by atoms with Crippen LogP contribution in [0.1, 0.15) is 20.8 Å². The van der Waals surface area contributed by atoms with E-state index in [4.69, 9.17) is 69.4 Å². The van der Waals surface area contributed by atoms with E-state index in [-0.39, 0.29) is 0 Å². The van der Waals surface area contributed by atoms with Crippen molar-refractivity contribution in [2.24, 2.45) is 5.11 Å². The normalized spacial score (nSPS) is 26.5. The monoisotopic (exact) mass is 474 g/mol. The molecule has 0 aromatic carbocycles. The van der Waals surface area contributed by atoms with Gasteiger partial charge in [-0.05, 0) is 5.53 Å². The molecule has 29 heavy (non-hydrogen) atoms. The fourth-order valence-corrected chi connectivity index (χ4v) is 2.48. The zero-order chi connectivity index (χ0) is 22.4. The minimum atomic E-state index is -2.28. The molecule has 0 bridgehead atoms. The number of carbonyl (C=O) groups excluding carboxylic acids is 3. The Balaban J connectivity index is 3.35. The Hall–Kier alpha value is -1.98. The Kier molecular flexibility index (Phi) is 9.24. The van der Waals surface area contributed by atoms with Gasteiger partial charge in [0.2, 0.25) is 12.2 Å². The van der Waals surface area contributed by atoms with E-state index >= 15 is 0 Å². The van der Waals surface area contributed by atoms with Gasteiger partial charge in [-0.1, -0.05) is 39.9 Å². The summed E-state index contributed by atoms with van der Waals surface area (Å²) < 4.78 is 23.6. The highest BCUT2D eigenvalue weighted by atomic mass is 35.6. The van der Waals surface area contributed by atoms with Gasteiger partial charge in [0.05, 0.1) is 0 Å². The van der Waals surface area contributed by atoms with Crippen LogP contribution in [-0.2, 0) is 38.1 Å². The van der Waals surface area contributed by atoms with Crippen molar-refractivity contribution in [1.29, 1.82) is 5.41 Å². The van der Waals surface area contributed by atoms with Crippen LogP contribution < -0.4 is 0 Å². The summed E-state index contributed by atoms with van der Waals surface area (Å²) in [4.78, 5) is 36.9. The number of hydrogen-bond acceptors (Lipinski definition) is 10. The molecule has 5 atom stereocenters. The van der Waals surface area contributed by atoms with Gasteiger partial charge in [0.25, 0.3) is 3.79 Å². The smallest absolute Gasteiger partial charge is 0.303 e. The van der Waals surface area contributed by atoms with Gasteiger partial charge in [-0.3, -0.25) is 19.8 Å². The molecule has 162 valence electrons. The molecule has 0 spiro atoms. The van der Waals surface area contributed by atoms with Gasteiger partial charge in [0, 0.05) is 25.7 Å². The second-order valence-corrected chi connectivity index (χ2v) is 7.92. The molecule has 1 rings (SSSR count). The number of azide groups is 1. The lowest BCUT2D eigenvalue weighted by molar-refractivity contribution is -0.256. The molecule has 0 radical (unpaired) electrons. The van der Waals surface area contributed by atoms with Gasteiger partial charge >= 0.3 is 17.9 Å². The molecule has 0 aliphatic carbocycles. The summed E-state index contributed by atoms with van der Waals surface area (Å²) in [5.74, 6) is -3.16. The van der Waals surface area contributed by atoms with Crippen LogP contribution in [0.5, 0.6) is 0 Å². The van der Waals surface area contributed by atoms with Crippen LogP contribution in [0.15, 0.2) is 5.11 Å². The van der Waals surface area contributed by atoms with Crippen LogP contribution in [0.2, 0.25) is 0 Å². The zero-order valence-corrected chi connectivity index (χ0v) is 17.6. The first-order chi connectivity index (χ1) is 13.4. The number of nitrogens with one attached hydrogen (secondary N) is 1. The topological polar surface area (TPSA) is 170 Å². The highest BCUT2D eigenvalue weighted by molar-refractivity contribution is 6.76. The molecule has 0 aromatic rings. The van der Waals surface area contributed by atoms with Crippen molar-refractivity contribution in [3.63, 3.8) is 0 Å². The molecule has 1 heterocycles. The van der Waals surface area contributed by atoms with Crippen molar-refractivity contribution in [1.82, 2.24) is 0 Å². The molecule has 12 nitrogen and oxygen atoms in total. The molecule has 15 heteroatoms. The largest absolute Gasteiger partial charge is 0.463 e. The Morgan fingerprint density at radius 1 is 1.07 bits per heavy atom. The van der Waals surface area contributed by atoms with E-state index in [0.29, 0.717) is 0 Å². The molecular formula is C14H17Cl3N4O8. The number of esters is 3. The van der Waals surface area contributed by atoms with E-state index in [1.807, 2.05) is 0 Å². The molecule has 0 aromatic heterocycles. The van der Waals surface area contributed by atoms with Crippen molar-refractivity contribution >= 4 is 58.6 Å². The van der Waals surface area contributed by atoms with E-state index < -0.39 is 64.8 Å². The average Bonchev–Trinajstić information content (AvgIpc) is 2.56. The van der Waals surface area contributed by atoms with E-state index in [2.05, 4.69) is 10.0 Å². The number of rotatable bonds is 6. The van der Waals surface area contributed by atoms with Crippen LogP contribution in [0.3, 0.4) is 0 Å². The quantitative estimate of drug-likeness (QED) is 0.0890. The fraction of sp³-hybridized carbons (Fsp3) is 0.714. The predicted octanol–water partition coefficient (Wildman–Crippen LogP) is 2.18. The van der Waals surface area contributed by atoms with Crippen LogP contribution in [-0.4, -0.2) is 64.8 Å². The summed E-state index contributed by atoms with van der Waals surface area (Å²) in [6.07, 6.45) is -5.60. The first-order valence-corrected chi connectivity index (χ1v) is 9.00. The van der Waals surface area contributed by atoms with Crippen molar-refractivity contribution in [3.05, 3.63) is 10.4 Å². The first kappa shape index (κ1) is 25.1. The second kappa shape index (κ2) is 10.7. The Morgan fingerprint density at radius 2 is 1.62 bits per heavy atom. The maximum Gasteiger partial charge on any atom is 0.303 e. The second-order valence-electron chi connectivity index (χ2n) is 5.63. The van der Waals surface area contributed by atoms with Crippen LogP contribution in [0.4, 0.5) is 0 Å². The van der Waals surface area contributed by atoms with E-state index in [0.717, 1.165) is 20.8 Å². The van der Waals surface area contributed by atoms with Crippen LogP contribution in [0, 0.1) is 5.41 Å². The Bertz CT molecular complexity index is 709. The summed E-state index contributed by atoms with van der Waals surface area (Å²) in [6, 6.07) is -1.45. The SMILES string of the molecule is CC(=O)OC[C@H]1O[C@@H](OC(=N)C(Cl)(Cl)Cl)[C@H](N=[N+]=[N-])[C@@H](OC(C)=O)[C@@H]1OC(C)=O. The molecule has 0 unspecified atom stereocenters. The van der Waals surface area contributed by atoms with Gasteiger partial charge in [-0.2, -0.15) is 0 Å². The minimum Gasteiger partial charge on any atom is -0.463 e. The highest BCUT2D eigenvalue weighted by Gasteiger charge is 2.52. The lowest BCUT2D eigenvalue weighted by Gasteiger charge is -2.43. The van der Waals surface area contributed by atoms with Crippen molar-refractivity contribution in [2.75, 3.05) is 6.61 Å². The molecule has 1 saturated heterocycles. The number of ether oxygens (including phenoxy) is 5. The van der Waals surface area contributed by atoms with Gasteiger partial charge < -0.3 is 23.7 Å². The lowest BCUT2D eigenvalue weighted by atomic mass is 9.97. The van der Waals surface area contributed by atoms with E-state index in [1.165, 1.54) is 0 Å². The molecule has 1 fully saturated rings. The van der Waals surface area contributed by atoms with Crippen LogP contribution in [0.25, 0.3) is 10.4 Å². The Morgan fingerprint density at radius 3 is 2.07 bits per heavy atom. The molecule has 1 N–H and O–H groups in total. The van der Waals surface area contributed by atoms with Crippen molar-refractivity contribution < 1.29 is 38.1 Å². The van der Waals surface area contributed by atoms with Gasteiger partial charge in [0.1, 0.15) is 18.8 Å². The number of nitrogens with zero attached hydrogens (tertiary/aromatic N) is 3. The lowest BCUT2D eigenvalue weighted by Crippen LogP contribution is -2.61. The summed E-state index contributed by atoms with van der Waals surface area (Å²) in [6.45, 7) is 2.82. The van der Waals surface area contributed by atoms with Gasteiger partial charge in [-0.15, -0.1) is 0 Å². The fourth-order valence-electron chi connectivity index (χ4n) is 2.35. The first-order valence-electron chi connectivity index (χ1n) is 7.86.